The standard InChI is InChI=1S/C16H22N2O/c1-16(2)13-19-10-9-18(16)12-15-6-3-5-14(11-15)7-4-8-17/h3,5-6,11H,8-10,12-13,17H2,1-2H3. The summed E-state index contributed by atoms with van der Waals surface area (Å²) in [6, 6.07) is 8.38. The van der Waals surface area contributed by atoms with E-state index in [0.717, 1.165) is 31.9 Å². The summed E-state index contributed by atoms with van der Waals surface area (Å²) in [5, 5.41) is 0. The minimum atomic E-state index is 0.0944. The second kappa shape index (κ2) is 6.21. The molecule has 102 valence electrons. The van der Waals surface area contributed by atoms with Crippen molar-refractivity contribution in [3.63, 3.8) is 0 Å². The molecule has 3 heteroatoms. The Morgan fingerprint density at radius 3 is 3.00 bits per heavy atom. The van der Waals surface area contributed by atoms with Crippen LogP contribution in [0.4, 0.5) is 0 Å². The first-order chi connectivity index (χ1) is 9.12. The van der Waals surface area contributed by atoms with Crippen LogP contribution in [0.2, 0.25) is 0 Å². The lowest BCUT2D eigenvalue weighted by Crippen LogP contribution is -2.52. The highest BCUT2D eigenvalue weighted by atomic mass is 16.5. The number of nitrogens with two attached hydrogens (primary N) is 1. The third-order valence-electron chi connectivity index (χ3n) is 3.45. The van der Waals surface area contributed by atoms with Crippen molar-refractivity contribution in [2.75, 3.05) is 26.3 Å². The lowest BCUT2D eigenvalue weighted by atomic mass is 10.0. The zero-order chi connectivity index (χ0) is 13.7. The Morgan fingerprint density at radius 2 is 2.26 bits per heavy atom. The molecule has 2 rings (SSSR count). The normalized spacial score (nSPS) is 18.7. The molecule has 19 heavy (non-hydrogen) atoms. The van der Waals surface area contributed by atoms with E-state index in [-0.39, 0.29) is 5.54 Å². The Hall–Kier alpha value is -1.34. The highest BCUT2D eigenvalue weighted by molar-refractivity contribution is 5.37. The van der Waals surface area contributed by atoms with Crippen LogP contribution in [-0.4, -0.2) is 36.7 Å². The smallest absolute Gasteiger partial charge is 0.0645 e. The average molecular weight is 258 g/mol. The molecule has 0 amide bonds. The Balaban J connectivity index is 2.10. The van der Waals surface area contributed by atoms with E-state index in [1.54, 1.807) is 0 Å². The molecule has 2 N–H and O–H groups in total. The summed E-state index contributed by atoms with van der Waals surface area (Å²) in [5.74, 6) is 5.98. The molecule has 1 aromatic carbocycles. The van der Waals surface area contributed by atoms with Crippen LogP contribution in [0.5, 0.6) is 0 Å². The molecule has 0 radical (unpaired) electrons. The lowest BCUT2D eigenvalue weighted by Gasteiger charge is -2.42. The molecule has 1 aliphatic heterocycles. The topological polar surface area (TPSA) is 38.5 Å². The maximum absolute atomic E-state index is 5.55. The largest absolute Gasteiger partial charge is 0.378 e. The van der Waals surface area contributed by atoms with Gasteiger partial charge in [0, 0.05) is 24.2 Å². The van der Waals surface area contributed by atoms with Gasteiger partial charge in [0.05, 0.1) is 19.8 Å². The van der Waals surface area contributed by atoms with Gasteiger partial charge in [-0.1, -0.05) is 24.0 Å². The molecule has 0 unspecified atom stereocenters. The van der Waals surface area contributed by atoms with Crippen molar-refractivity contribution in [1.29, 1.82) is 0 Å². The monoisotopic (exact) mass is 258 g/mol. The molecule has 0 saturated carbocycles. The molecule has 1 heterocycles. The number of ether oxygens (including phenoxy) is 1. The second-order valence-electron chi connectivity index (χ2n) is 5.49. The van der Waals surface area contributed by atoms with Gasteiger partial charge in [-0.2, -0.15) is 0 Å². The Bertz CT molecular complexity index is 485. The minimum absolute atomic E-state index is 0.0944. The Kier molecular flexibility index (Phi) is 4.60. The summed E-state index contributed by atoms with van der Waals surface area (Å²) >= 11 is 0. The molecule has 0 aromatic heterocycles. The molecule has 1 fully saturated rings. The van der Waals surface area contributed by atoms with Crippen molar-refractivity contribution in [3.8, 4) is 11.8 Å². The van der Waals surface area contributed by atoms with Crippen LogP contribution >= 0.6 is 0 Å². The first kappa shape index (κ1) is 14.1. The second-order valence-corrected chi connectivity index (χ2v) is 5.49. The minimum Gasteiger partial charge on any atom is -0.378 e. The van der Waals surface area contributed by atoms with Crippen LogP contribution in [0, 0.1) is 11.8 Å². The van der Waals surface area contributed by atoms with E-state index in [1.165, 1.54) is 5.56 Å². The summed E-state index contributed by atoms with van der Waals surface area (Å²) in [6.07, 6.45) is 0. The van der Waals surface area contributed by atoms with E-state index in [0.29, 0.717) is 6.54 Å². The lowest BCUT2D eigenvalue weighted by molar-refractivity contribution is -0.0552. The van der Waals surface area contributed by atoms with Gasteiger partial charge >= 0.3 is 0 Å². The zero-order valence-electron chi connectivity index (χ0n) is 11.8. The van der Waals surface area contributed by atoms with E-state index < -0.39 is 0 Å². The van der Waals surface area contributed by atoms with Gasteiger partial charge in [0.25, 0.3) is 0 Å². The van der Waals surface area contributed by atoms with Gasteiger partial charge in [-0.3, -0.25) is 4.90 Å². The average Bonchev–Trinajstić information content (AvgIpc) is 2.39. The van der Waals surface area contributed by atoms with Gasteiger partial charge in [0.1, 0.15) is 0 Å². The number of rotatable bonds is 2. The van der Waals surface area contributed by atoms with Crippen LogP contribution in [0.3, 0.4) is 0 Å². The van der Waals surface area contributed by atoms with Crippen LogP contribution in [0.1, 0.15) is 25.0 Å². The SMILES string of the molecule is CC1(C)COCCN1Cc1cccc(C#CCN)c1. The van der Waals surface area contributed by atoms with Gasteiger partial charge in [0.2, 0.25) is 0 Å². The summed E-state index contributed by atoms with van der Waals surface area (Å²) in [6.45, 7) is 8.38. The summed E-state index contributed by atoms with van der Waals surface area (Å²) in [4.78, 5) is 2.46. The molecule has 0 bridgehead atoms. The van der Waals surface area contributed by atoms with Gasteiger partial charge in [-0.15, -0.1) is 0 Å². The van der Waals surface area contributed by atoms with Crippen molar-refractivity contribution in [2.24, 2.45) is 5.73 Å². The number of benzene rings is 1. The maximum Gasteiger partial charge on any atom is 0.0645 e. The van der Waals surface area contributed by atoms with E-state index in [9.17, 15) is 0 Å². The van der Waals surface area contributed by atoms with E-state index in [1.807, 2.05) is 6.07 Å². The molecule has 3 nitrogen and oxygen atoms in total. The highest BCUT2D eigenvalue weighted by Crippen LogP contribution is 2.21. The quantitative estimate of drug-likeness (QED) is 0.819. The molecule has 0 atom stereocenters. The van der Waals surface area contributed by atoms with E-state index in [2.05, 4.69) is 48.8 Å². The predicted octanol–water partition coefficient (Wildman–Crippen LogP) is 1.61. The van der Waals surface area contributed by atoms with Gasteiger partial charge in [0.15, 0.2) is 0 Å². The third-order valence-corrected chi connectivity index (χ3v) is 3.45. The molecule has 1 aromatic rings. The molecule has 1 aliphatic rings. The molecule has 0 aliphatic carbocycles. The predicted molar refractivity (Wildman–Crippen MR) is 77.7 cm³/mol. The fourth-order valence-corrected chi connectivity index (χ4v) is 2.30. The zero-order valence-corrected chi connectivity index (χ0v) is 11.8. The highest BCUT2D eigenvalue weighted by Gasteiger charge is 2.30. The van der Waals surface area contributed by atoms with Crippen LogP contribution in [-0.2, 0) is 11.3 Å². The van der Waals surface area contributed by atoms with Crippen molar-refractivity contribution in [3.05, 3.63) is 35.4 Å². The number of hydrogen-bond donors (Lipinski definition) is 1. The summed E-state index contributed by atoms with van der Waals surface area (Å²) in [7, 11) is 0. The summed E-state index contributed by atoms with van der Waals surface area (Å²) in [5.41, 5.74) is 7.82. The fraction of sp³-hybridized carbons (Fsp3) is 0.500. The number of nitrogens with zero attached hydrogens (tertiary/aromatic N) is 1. The Labute approximate surface area is 115 Å². The first-order valence-electron chi connectivity index (χ1n) is 6.72. The molecule has 1 saturated heterocycles. The Morgan fingerprint density at radius 1 is 1.42 bits per heavy atom. The van der Waals surface area contributed by atoms with Crippen molar-refractivity contribution >= 4 is 0 Å². The van der Waals surface area contributed by atoms with E-state index in [4.69, 9.17) is 10.5 Å². The van der Waals surface area contributed by atoms with Crippen LogP contribution in [0.15, 0.2) is 24.3 Å². The molecular formula is C16H22N2O. The third kappa shape index (κ3) is 3.81. The first-order valence-corrected chi connectivity index (χ1v) is 6.72. The summed E-state index contributed by atoms with van der Waals surface area (Å²) < 4.78 is 5.55. The van der Waals surface area contributed by atoms with Crippen molar-refractivity contribution < 1.29 is 4.74 Å². The maximum atomic E-state index is 5.55. The van der Waals surface area contributed by atoms with Crippen molar-refractivity contribution in [2.45, 2.75) is 25.9 Å². The fourth-order valence-electron chi connectivity index (χ4n) is 2.30. The van der Waals surface area contributed by atoms with Gasteiger partial charge < -0.3 is 10.5 Å². The number of hydrogen-bond acceptors (Lipinski definition) is 3. The van der Waals surface area contributed by atoms with Gasteiger partial charge in [-0.05, 0) is 31.5 Å². The van der Waals surface area contributed by atoms with Crippen molar-refractivity contribution in [1.82, 2.24) is 4.90 Å². The van der Waals surface area contributed by atoms with Gasteiger partial charge in [-0.25, -0.2) is 0 Å². The molecule has 0 spiro atoms. The number of morpholine rings is 1. The van der Waals surface area contributed by atoms with E-state index >= 15 is 0 Å². The molecular weight excluding hydrogens is 236 g/mol. The van der Waals surface area contributed by atoms with Crippen LogP contribution < -0.4 is 5.73 Å². The van der Waals surface area contributed by atoms with Crippen LogP contribution in [0.25, 0.3) is 0 Å².